The summed E-state index contributed by atoms with van der Waals surface area (Å²) in [6.45, 7) is 2.97. The van der Waals surface area contributed by atoms with E-state index in [0.29, 0.717) is 22.9 Å². The van der Waals surface area contributed by atoms with Gasteiger partial charge in [0.25, 0.3) is 5.22 Å². The Hall–Kier alpha value is -1.34. The van der Waals surface area contributed by atoms with Crippen molar-refractivity contribution in [2.24, 2.45) is 0 Å². The summed E-state index contributed by atoms with van der Waals surface area (Å²) in [5, 5.41) is 8.50. The number of halogens is 1. The van der Waals surface area contributed by atoms with Gasteiger partial charge in [-0.2, -0.15) is 0 Å². The van der Waals surface area contributed by atoms with Gasteiger partial charge < -0.3 is 9.32 Å². The molecule has 1 atom stereocenters. The number of nitrogens with zero attached hydrogens (tertiary/aromatic N) is 3. The SMILES string of the molecule is C[C@H]1CCCCN1C(=O)CSc1nnc(-c2cccc(Br)c2)o1. The molecule has 0 bridgehead atoms. The predicted molar refractivity (Wildman–Crippen MR) is 93.2 cm³/mol. The Bertz CT molecular complexity index is 691. The minimum absolute atomic E-state index is 0.143. The largest absolute Gasteiger partial charge is 0.411 e. The van der Waals surface area contributed by atoms with Gasteiger partial charge in [0.1, 0.15) is 0 Å². The van der Waals surface area contributed by atoms with Crippen LogP contribution in [0.2, 0.25) is 0 Å². The average molecular weight is 396 g/mol. The number of carbonyl (C=O) groups is 1. The molecule has 0 saturated carbocycles. The number of benzene rings is 1. The van der Waals surface area contributed by atoms with Gasteiger partial charge in [-0.25, -0.2) is 0 Å². The summed E-state index contributed by atoms with van der Waals surface area (Å²) >= 11 is 4.72. The van der Waals surface area contributed by atoms with Gasteiger partial charge in [0, 0.05) is 22.6 Å². The number of rotatable bonds is 4. The first-order valence-corrected chi connectivity index (χ1v) is 9.43. The van der Waals surface area contributed by atoms with Crippen LogP contribution in [-0.2, 0) is 4.79 Å². The lowest BCUT2D eigenvalue weighted by Gasteiger charge is -2.33. The van der Waals surface area contributed by atoms with E-state index in [1.54, 1.807) is 0 Å². The Morgan fingerprint density at radius 1 is 1.43 bits per heavy atom. The first-order valence-electron chi connectivity index (χ1n) is 7.65. The number of carbonyl (C=O) groups excluding carboxylic acids is 1. The van der Waals surface area contributed by atoms with E-state index in [-0.39, 0.29) is 5.91 Å². The highest BCUT2D eigenvalue weighted by Gasteiger charge is 2.23. The zero-order valence-corrected chi connectivity index (χ0v) is 15.3. The Morgan fingerprint density at radius 2 is 2.30 bits per heavy atom. The molecule has 122 valence electrons. The molecule has 0 N–H and O–H groups in total. The number of thioether (sulfide) groups is 1. The monoisotopic (exact) mass is 395 g/mol. The lowest BCUT2D eigenvalue weighted by molar-refractivity contribution is -0.131. The van der Waals surface area contributed by atoms with Crippen LogP contribution >= 0.6 is 27.7 Å². The van der Waals surface area contributed by atoms with E-state index in [2.05, 4.69) is 33.1 Å². The summed E-state index contributed by atoms with van der Waals surface area (Å²) in [6, 6.07) is 8.01. The van der Waals surface area contributed by atoms with Crippen molar-refractivity contribution in [2.75, 3.05) is 12.3 Å². The van der Waals surface area contributed by atoms with Gasteiger partial charge in [0.15, 0.2) is 0 Å². The van der Waals surface area contributed by atoms with Crippen LogP contribution in [-0.4, -0.2) is 39.3 Å². The Morgan fingerprint density at radius 3 is 3.09 bits per heavy atom. The van der Waals surface area contributed by atoms with Crippen molar-refractivity contribution < 1.29 is 9.21 Å². The molecule has 0 spiro atoms. The second kappa shape index (κ2) is 7.49. The van der Waals surface area contributed by atoms with Crippen LogP contribution in [0.25, 0.3) is 11.5 Å². The molecule has 2 aromatic rings. The van der Waals surface area contributed by atoms with Crippen molar-refractivity contribution in [3.05, 3.63) is 28.7 Å². The fourth-order valence-electron chi connectivity index (χ4n) is 2.68. The number of likely N-dealkylation sites (tertiary alicyclic amines) is 1. The van der Waals surface area contributed by atoms with E-state index >= 15 is 0 Å². The molecule has 1 aliphatic heterocycles. The first-order chi connectivity index (χ1) is 11.1. The predicted octanol–water partition coefficient (Wildman–Crippen LogP) is 3.99. The third-order valence-electron chi connectivity index (χ3n) is 3.92. The van der Waals surface area contributed by atoms with Crippen molar-refractivity contribution in [1.82, 2.24) is 15.1 Å². The van der Waals surface area contributed by atoms with Crippen LogP contribution in [0.3, 0.4) is 0 Å². The van der Waals surface area contributed by atoms with E-state index in [0.717, 1.165) is 29.4 Å². The Kier molecular flexibility index (Phi) is 5.38. The molecule has 5 nitrogen and oxygen atoms in total. The summed E-state index contributed by atoms with van der Waals surface area (Å²) in [7, 11) is 0. The maximum Gasteiger partial charge on any atom is 0.277 e. The quantitative estimate of drug-likeness (QED) is 0.732. The van der Waals surface area contributed by atoms with Gasteiger partial charge in [-0.3, -0.25) is 4.79 Å². The maximum atomic E-state index is 12.3. The zero-order chi connectivity index (χ0) is 16.2. The van der Waals surface area contributed by atoms with E-state index in [9.17, 15) is 4.79 Å². The summed E-state index contributed by atoms with van der Waals surface area (Å²) in [5.41, 5.74) is 0.856. The summed E-state index contributed by atoms with van der Waals surface area (Å²) in [5.74, 6) is 0.946. The minimum atomic E-state index is 0.143. The van der Waals surface area contributed by atoms with Crippen molar-refractivity contribution in [1.29, 1.82) is 0 Å². The lowest BCUT2D eigenvalue weighted by atomic mass is 10.0. The van der Waals surface area contributed by atoms with Crippen molar-refractivity contribution in [3.8, 4) is 11.5 Å². The number of hydrogen-bond donors (Lipinski definition) is 0. The van der Waals surface area contributed by atoms with Gasteiger partial charge >= 0.3 is 0 Å². The fraction of sp³-hybridized carbons (Fsp3) is 0.438. The van der Waals surface area contributed by atoms with Gasteiger partial charge in [0.2, 0.25) is 11.8 Å². The molecule has 2 heterocycles. The van der Waals surface area contributed by atoms with Gasteiger partial charge in [-0.05, 0) is 44.4 Å². The lowest BCUT2D eigenvalue weighted by Crippen LogP contribution is -2.42. The second-order valence-corrected chi connectivity index (χ2v) is 7.45. The smallest absolute Gasteiger partial charge is 0.277 e. The highest BCUT2D eigenvalue weighted by atomic mass is 79.9. The first kappa shape index (κ1) is 16.5. The van der Waals surface area contributed by atoms with Crippen LogP contribution in [0, 0.1) is 0 Å². The summed E-state index contributed by atoms with van der Waals surface area (Å²) in [4.78, 5) is 14.3. The van der Waals surface area contributed by atoms with E-state index in [1.807, 2.05) is 29.2 Å². The van der Waals surface area contributed by atoms with Crippen LogP contribution < -0.4 is 0 Å². The van der Waals surface area contributed by atoms with Crippen molar-refractivity contribution in [2.45, 2.75) is 37.5 Å². The molecule has 1 aromatic heterocycles. The second-order valence-electron chi connectivity index (χ2n) is 5.60. The van der Waals surface area contributed by atoms with Gasteiger partial charge in [-0.15, -0.1) is 10.2 Å². The zero-order valence-electron chi connectivity index (χ0n) is 12.9. The number of hydrogen-bond acceptors (Lipinski definition) is 5. The van der Waals surface area contributed by atoms with Crippen LogP contribution in [0.1, 0.15) is 26.2 Å². The molecule has 1 amide bonds. The fourth-order valence-corrected chi connectivity index (χ4v) is 3.73. The van der Waals surface area contributed by atoms with Crippen molar-refractivity contribution in [3.63, 3.8) is 0 Å². The van der Waals surface area contributed by atoms with E-state index in [4.69, 9.17) is 4.42 Å². The maximum absolute atomic E-state index is 12.3. The number of aromatic nitrogens is 2. The molecule has 3 rings (SSSR count). The molecular formula is C16H18BrN3O2S. The number of amides is 1. The molecule has 23 heavy (non-hydrogen) atoms. The van der Waals surface area contributed by atoms with Crippen LogP contribution in [0.15, 0.2) is 38.4 Å². The Balaban J connectivity index is 1.60. The topological polar surface area (TPSA) is 59.2 Å². The average Bonchev–Trinajstić information content (AvgIpc) is 3.02. The van der Waals surface area contributed by atoms with E-state index in [1.165, 1.54) is 18.2 Å². The molecule has 1 fully saturated rings. The Labute approximate surface area is 148 Å². The van der Waals surface area contributed by atoms with Crippen LogP contribution in [0.5, 0.6) is 0 Å². The van der Waals surface area contributed by atoms with Gasteiger partial charge in [-0.1, -0.05) is 33.8 Å². The summed E-state index contributed by atoms with van der Waals surface area (Å²) < 4.78 is 6.59. The molecule has 0 radical (unpaired) electrons. The summed E-state index contributed by atoms with van der Waals surface area (Å²) in [6.07, 6.45) is 3.38. The minimum Gasteiger partial charge on any atom is -0.411 e. The molecule has 1 saturated heterocycles. The standard InChI is InChI=1S/C16H18BrN3O2S/c1-11-5-2-3-8-20(11)14(21)10-23-16-19-18-15(22-16)12-6-4-7-13(17)9-12/h4,6-7,9,11H,2-3,5,8,10H2,1H3/t11-/m0/s1. The third kappa shape index (κ3) is 4.14. The van der Waals surface area contributed by atoms with Gasteiger partial charge in [0.05, 0.1) is 5.75 Å². The number of piperidine rings is 1. The normalized spacial score (nSPS) is 18.2. The highest BCUT2D eigenvalue weighted by Crippen LogP contribution is 2.26. The molecule has 1 aliphatic rings. The highest BCUT2D eigenvalue weighted by molar-refractivity contribution is 9.10. The third-order valence-corrected chi connectivity index (χ3v) is 5.22. The molecular weight excluding hydrogens is 378 g/mol. The molecule has 7 heteroatoms. The van der Waals surface area contributed by atoms with E-state index < -0.39 is 0 Å². The molecule has 0 unspecified atom stereocenters. The van der Waals surface area contributed by atoms with Crippen LogP contribution in [0.4, 0.5) is 0 Å². The molecule has 0 aliphatic carbocycles. The molecule has 1 aromatic carbocycles. The van der Waals surface area contributed by atoms with Crippen molar-refractivity contribution >= 4 is 33.6 Å².